The predicted octanol–water partition coefficient (Wildman–Crippen LogP) is 3.86. The van der Waals surface area contributed by atoms with Crippen molar-refractivity contribution in [2.75, 3.05) is 13.7 Å². The molecule has 3 rings (SSSR count). The topological polar surface area (TPSA) is 81.6 Å². The molecule has 0 N–H and O–H groups in total. The summed E-state index contributed by atoms with van der Waals surface area (Å²) in [6.45, 7) is -1.64. The smallest absolute Gasteiger partial charge is 0.406 e. The Kier molecular flexibility index (Phi) is 6.20. The second kappa shape index (κ2) is 8.80. The van der Waals surface area contributed by atoms with Gasteiger partial charge in [-0.25, -0.2) is 0 Å². The zero-order valence-corrected chi connectivity index (χ0v) is 15.5. The Balaban J connectivity index is 1.62. The number of hydrogen-bond acceptors (Lipinski definition) is 6. The highest BCUT2D eigenvalue weighted by Crippen LogP contribution is 2.21. The largest absolute Gasteiger partial charge is 0.497 e. The molecular formula is C19H18F3N3O4. The monoisotopic (exact) mass is 409 g/mol. The number of carbonyl (C=O) groups is 1. The van der Waals surface area contributed by atoms with E-state index in [0.717, 1.165) is 0 Å². The van der Waals surface area contributed by atoms with Crippen LogP contribution in [-0.4, -0.2) is 40.8 Å². The van der Waals surface area contributed by atoms with E-state index in [4.69, 9.17) is 13.7 Å². The molecule has 0 saturated carbocycles. The van der Waals surface area contributed by atoms with Gasteiger partial charge >= 0.3 is 6.18 Å². The summed E-state index contributed by atoms with van der Waals surface area (Å²) in [5, 5.41) is 3.84. The number of furan rings is 1. The Bertz CT molecular complexity index is 921. The molecule has 0 fully saturated rings. The van der Waals surface area contributed by atoms with Crippen LogP contribution in [0.5, 0.6) is 5.75 Å². The van der Waals surface area contributed by atoms with Gasteiger partial charge in [-0.3, -0.25) is 4.79 Å². The molecule has 1 aromatic carbocycles. The van der Waals surface area contributed by atoms with Gasteiger partial charge in [0.05, 0.1) is 19.9 Å². The third kappa shape index (κ3) is 5.84. The molecule has 0 atom stereocenters. The van der Waals surface area contributed by atoms with Crippen LogP contribution in [0, 0.1) is 0 Å². The highest BCUT2D eigenvalue weighted by molar-refractivity contribution is 5.76. The Hall–Kier alpha value is -3.30. The molecule has 0 spiro atoms. The zero-order chi connectivity index (χ0) is 20.9. The van der Waals surface area contributed by atoms with Crippen LogP contribution < -0.4 is 4.74 Å². The molecule has 7 nitrogen and oxygen atoms in total. The summed E-state index contributed by atoms with van der Waals surface area (Å²) < 4.78 is 53.7. The van der Waals surface area contributed by atoms with Gasteiger partial charge in [-0.05, 0) is 36.4 Å². The van der Waals surface area contributed by atoms with Crippen molar-refractivity contribution in [3.05, 3.63) is 54.3 Å². The average molecular weight is 409 g/mol. The number of rotatable bonds is 8. The summed E-state index contributed by atoms with van der Waals surface area (Å²) in [6, 6.07) is 10.0. The lowest BCUT2D eigenvalue weighted by Crippen LogP contribution is -2.38. The van der Waals surface area contributed by atoms with E-state index in [1.54, 1.807) is 37.4 Å². The molecule has 29 heavy (non-hydrogen) atoms. The van der Waals surface area contributed by atoms with Gasteiger partial charge in [0.2, 0.25) is 17.6 Å². The number of methoxy groups -OCH3 is 1. The number of ether oxygens (including phenoxy) is 1. The van der Waals surface area contributed by atoms with Crippen molar-refractivity contribution in [2.24, 2.45) is 0 Å². The first-order valence-corrected chi connectivity index (χ1v) is 8.68. The standard InChI is InChI=1S/C19H18F3N3O4/c1-27-14-6-4-13(5-7-14)18-23-16(29-24-18)8-9-17(26)25(12-19(20,21)22)11-15-3-2-10-28-15/h2-7,10H,8-9,11-12H2,1H3. The van der Waals surface area contributed by atoms with Crippen LogP contribution in [0.25, 0.3) is 11.4 Å². The molecular weight excluding hydrogens is 391 g/mol. The van der Waals surface area contributed by atoms with E-state index in [2.05, 4.69) is 10.1 Å². The van der Waals surface area contributed by atoms with Crippen molar-refractivity contribution >= 4 is 5.91 Å². The molecule has 2 heterocycles. The van der Waals surface area contributed by atoms with Crippen LogP contribution in [0.15, 0.2) is 51.6 Å². The predicted molar refractivity (Wildman–Crippen MR) is 94.8 cm³/mol. The van der Waals surface area contributed by atoms with Crippen LogP contribution in [0.4, 0.5) is 13.2 Å². The van der Waals surface area contributed by atoms with Crippen LogP contribution in [0.1, 0.15) is 18.1 Å². The van der Waals surface area contributed by atoms with Gasteiger partial charge in [0.1, 0.15) is 18.1 Å². The van der Waals surface area contributed by atoms with Crippen LogP contribution in [0.3, 0.4) is 0 Å². The number of benzene rings is 1. The van der Waals surface area contributed by atoms with Gasteiger partial charge < -0.3 is 18.6 Å². The lowest BCUT2D eigenvalue weighted by atomic mass is 10.2. The molecule has 154 valence electrons. The molecule has 0 unspecified atom stereocenters. The van der Waals surface area contributed by atoms with Crippen molar-refractivity contribution in [1.29, 1.82) is 0 Å². The molecule has 0 aliphatic rings. The number of nitrogens with zero attached hydrogens (tertiary/aromatic N) is 3. The maximum absolute atomic E-state index is 12.8. The van der Waals surface area contributed by atoms with Crippen molar-refractivity contribution in [3.63, 3.8) is 0 Å². The Labute approximate surface area is 164 Å². The molecule has 0 aliphatic heterocycles. The Morgan fingerprint density at radius 1 is 1.21 bits per heavy atom. The minimum atomic E-state index is -4.52. The van der Waals surface area contributed by atoms with E-state index in [-0.39, 0.29) is 31.0 Å². The second-order valence-electron chi connectivity index (χ2n) is 6.18. The summed E-state index contributed by atoms with van der Waals surface area (Å²) in [7, 11) is 1.55. The highest BCUT2D eigenvalue weighted by Gasteiger charge is 2.33. The van der Waals surface area contributed by atoms with Gasteiger partial charge in [0.25, 0.3) is 0 Å². The molecule has 10 heteroatoms. The van der Waals surface area contributed by atoms with Gasteiger partial charge in [0.15, 0.2) is 0 Å². The molecule has 0 aliphatic carbocycles. The first-order chi connectivity index (χ1) is 13.8. The summed E-state index contributed by atoms with van der Waals surface area (Å²) in [5.74, 6) is 0.724. The Morgan fingerprint density at radius 3 is 2.59 bits per heavy atom. The van der Waals surface area contributed by atoms with Gasteiger partial charge in [-0.15, -0.1) is 0 Å². The third-order valence-electron chi connectivity index (χ3n) is 4.02. The summed E-state index contributed by atoms with van der Waals surface area (Å²) >= 11 is 0. The molecule has 0 saturated heterocycles. The fraction of sp³-hybridized carbons (Fsp3) is 0.316. The van der Waals surface area contributed by atoms with E-state index < -0.39 is 18.6 Å². The van der Waals surface area contributed by atoms with E-state index in [1.165, 1.54) is 12.3 Å². The maximum atomic E-state index is 12.8. The fourth-order valence-electron chi connectivity index (χ4n) is 2.63. The highest BCUT2D eigenvalue weighted by atomic mass is 19.4. The number of alkyl halides is 3. The van der Waals surface area contributed by atoms with Crippen molar-refractivity contribution in [3.8, 4) is 17.1 Å². The molecule has 1 amide bonds. The first kappa shape index (κ1) is 20.4. The maximum Gasteiger partial charge on any atom is 0.406 e. The Morgan fingerprint density at radius 2 is 1.97 bits per heavy atom. The van der Waals surface area contributed by atoms with Crippen molar-refractivity contribution < 1.29 is 31.6 Å². The van der Waals surface area contributed by atoms with Crippen molar-refractivity contribution in [2.45, 2.75) is 25.6 Å². The number of halogens is 3. The first-order valence-electron chi connectivity index (χ1n) is 8.68. The molecule has 0 radical (unpaired) electrons. The fourth-order valence-corrected chi connectivity index (χ4v) is 2.63. The SMILES string of the molecule is COc1ccc(-c2noc(CCC(=O)N(Cc3ccco3)CC(F)(F)F)n2)cc1. The minimum absolute atomic E-state index is 0.0223. The normalized spacial score (nSPS) is 11.4. The number of amides is 1. The van der Waals surface area contributed by atoms with E-state index in [9.17, 15) is 18.0 Å². The molecule has 0 bridgehead atoms. The van der Waals surface area contributed by atoms with Gasteiger partial charge in [-0.2, -0.15) is 18.2 Å². The summed E-state index contributed by atoms with van der Waals surface area (Å²) in [4.78, 5) is 17.2. The van der Waals surface area contributed by atoms with Crippen LogP contribution >= 0.6 is 0 Å². The summed E-state index contributed by atoms with van der Waals surface area (Å²) in [5.41, 5.74) is 0.684. The van der Waals surface area contributed by atoms with E-state index >= 15 is 0 Å². The quantitative estimate of drug-likeness (QED) is 0.562. The van der Waals surface area contributed by atoms with Gasteiger partial charge in [-0.1, -0.05) is 5.16 Å². The van der Waals surface area contributed by atoms with E-state index in [1.807, 2.05) is 0 Å². The third-order valence-corrected chi connectivity index (χ3v) is 4.02. The average Bonchev–Trinajstić information content (AvgIpc) is 3.36. The summed E-state index contributed by atoms with van der Waals surface area (Å²) in [6.07, 6.45) is -3.37. The number of carbonyl (C=O) groups excluding carboxylic acids is 1. The number of aryl methyl sites for hydroxylation is 1. The van der Waals surface area contributed by atoms with E-state index in [0.29, 0.717) is 22.0 Å². The lowest BCUT2D eigenvalue weighted by molar-refractivity contribution is -0.162. The number of aromatic nitrogens is 2. The lowest BCUT2D eigenvalue weighted by Gasteiger charge is -2.22. The van der Waals surface area contributed by atoms with Crippen LogP contribution in [-0.2, 0) is 17.8 Å². The zero-order valence-electron chi connectivity index (χ0n) is 15.5. The second-order valence-corrected chi connectivity index (χ2v) is 6.18. The molecule has 3 aromatic rings. The van der Waals surface area contributed by atoms with Crippen molar-refractivity contribution in [1.82, 2.24) is 15.0 Å². The number of hydrogen-bond donors (Lipinski definition) is 0. The van der Waals surface area contributed by atoms with Crippen LogP contribution in [0.2, 0.25) is 0 Å². The van der Waals surface area contributed by atoms with Gasteiger partial charge in [0, 0.05) is 18.4 Å². The minimum Gasteiger partial charge on any atom is -0.497 e. The molecule has 2 aromatic heterocycles.